The van der Waals surface area contributed by atoms with Crippen molar-refractivity contribution in [3.05, 3.63) is 60.3 Å². The number of aryl methyl sites for hydroxylation is 1. The van der Waals surface area contributed by atoms with E-state index in [0.29, 0.717) is 42.8 Å². The fourth-order valence-electron chi connectivity index (χ4n) is 3.89. The van der Waals surface area contributed by atoms with Crippen LogP contribution in [0.25, 0.3) is 11.3 Å². The van der Waals surface area contributed by atoms with Gasteiger partial charge in [-0.2, -0.15) is 4.31 Å². The summed E-state index contributed by atoms with van der Waals surface area (Å²) >= 11 is 0. The monoisotopic (exact) mass is 452 g/mol. The minimum atomic E-state index is -3.51. The minimum Gasteiger partial charge on any atom is -0.454 e. The topological polar surface area (TPSA) is 84.9 Å². The summed E-state index contributed by atoms with van der Waals surface area (Å²) in [7, 11) is -3.51. The number of rotatable bonds is 5. The second kappa shape index (κ2) is 8.40. The van der Waals surface area contributed by atoms with Gasteiger partial charge in [-0.1, -0.05) is 19.1 Å². The van der Waals surface area contributed by atoms with Crippen molar-refractivity contribution < 1.29 is 17.9 Å². The van der Waals surface area contributed by atoms with Gasteiger partial charge in [-0.15, -0.1) is 0 Å². The normalized spacial score (nSPS) is 16.3. The molecule has 0 saturated carbocycles. The second-order valence-corrected chi connectivity index (χ2v) is 9.64. The molecule has 2 aliphatic heterocycles. The molecule has 0 atom stereocenters. The molecule has 8 nitrogen and oxygen atoms in total. The molecule has 32 heavy (non-hydrogen) atoms. The number of ether oxygens (including phenoxy) is 2. The Balaban J connectivity index is 1.29. The lowest BCUT2D eigenvalue weighted by Gasteiger charge is -2.34. The highest BCUT2D eigenvalue weighted by atomic mass is 32.2. The first-order valence-corrected chi connectivity index (χ1v) is 12.1. The summed E-state index contributed by atoms with van der Waals surface area (Å²) in [5.41, 5.74) is 2.81. The Bertz CT molecular complexity index is 1220. The molecule has 0 unspecified atom stereocenters. The molecule has 9 heteroatoms. The molecule has 0 amide bonds. The number of aromatic nitrogens is 2. The Morgan fingerprint density at radius 2 is 1.69 bits per heavy atom. The third-order valence-electron chi connectivity index (χ3n) is 5.80. The summed E-state index contributed by atoms with van der Waals surface area (Å²) in [6.45, 7) is 4.09. The second-order valence-electron chi connectivity index (χ2n) is 7.70. The first-order chi connectivity index (χ1) is 15.5. The fraction of sp³-hybridized carbons (Fsp3) is 0.304. The van der Waals surface area contributed by atoms with Crippen LogP contribution in [0, 0.1) is 0 Å². The smallest absolute Gasteiger partial charge is 0.243 e. The number of benzene rings is 2. The molecule has 0 spiro atoms. The van der Waals surface area contributed by atoms with E-state index in [2.05, 4.69) is 4.98 Å². The van der Waals surface area contributed by atoms with Gasteiger partial charge in [0.15, 0.2) is 11.5 Å². The van der Waals surface area contributed by atoms with E-state index in [-0.39, 0.29) is 6.79 Å². The standard InChI is InChI=1S/C23H24N4O4S/c1-2-17-3-6-19(7-4-17)32(28,29)27-13-11-26(12-14-27)23-24-10-9-20(25-23)18-5-8-21-22(15-18)31-16-30-21/h3-10,15H,2,11-14,16H2,1H3. The number of piperazine rings is 1. The molecule has 0 aliphatic carbocycles. The zero-order valence-corrected chi connectivity index (χ0v) is 18.6. The van der Waals surface area contributed by atoms with Crippen molar-refractivity contribution >= 4 is 16.0 Å². The predicted molar refractivity (Wildman–Crippen MR) is 120 cm³/mol. The zero-order valence-electron chi connectivity index (χ0n) is 17.8. The Hall–Kier alpha value is -3.17. The molecule has 1 saturated heterocycles. The van der Waals surface area contributed by atoms with Crippen LogP contribution in [-0.2, 0) is 16.4 Å². The van der Waals surface area contributed by atoms with E-state index in [1.807, 2.05) is 48.2 Å². The summed E-state index contributed by atoms with van der Waals surface area (Å²) in [5, 5.41) is 0. The summed E-state index contributed by atoms with van der Waals surface area (Å²) in [6, 6.07) is 14.7. The van der Waals surface area contributed by atoms with E-state index in [0.717, 1.165) is 29.0 Å². The number of nitrogens with zero attached hydrogens (tertiary/aromatic N) is 4. The molecule has 0 bridgehead atoms. The van der Waals surface area contributed by atoms with Gasteiger partial charge in [-0.25, -0.2) is 18.4 Å². The molecule has 5 rings (SSSR count). The number of hydrogen-bond donors (Lipinski definition) is 0. The van der Waals surface area contributed by atoms with Crippen molar-refractivity contribution in [2.24, 2.45) is 0 Å². The number of fused-ring (bicyclic) bond motifs is 1. The lowest BCUT2D eigenvalue weighted by Crippen LogP contribution is -2.49. The average Bonchev–Trinajstić information content (AvgIpc) is 3.32. The summed E-state index contributed by atoms with van der Waals surface area (Å²) < 4.78 is 38.4. The van der Waals surface area contributed by atoms with E-state index in [1.165, 1.54) is 4.31 Å². The third-order valence-corrected chi connectivity index (χ3v) is 7.71. The molecule has 1 aromatic heterocycles. The molecule has 2 aromatic carbocycles. The van der Waals surface area contributed by atoms with Crippen LogP contribution in [0.5, 0.6) is 11.5 Å². The van der Waals surface area contributed by atoms with Crippen LogP contribution in [0.4, 0.5) is 5.95 Å². The molecule has 3 heterocycles. The van der Waals surface area contributed by atoms with E-state index in [9.17, 15) is 8.42 Å². The van der Waals surface area contributed by atoms with Crippen molar-refractivity contribution in [3.8, 4) is 22.8 Å². The Morgan fingerprint density at radius 1 is 0.938 bits per heavy atom. The third kappa shape index (κ3) is 3.89. The van der Waals surface area contributed by atoms with Crippen LogP contribution in [0.2, 0.25) is 0 Å². The van der Waals surface area contributed by atoms with Gasteiger partial charge in [0.2, 0.25) is 22.8 Å². The highest BCUT2D eigenvalue weighted by Crippen LogP contribution is 2.35. The van der Waals surface area contributed by atoms with Gasteiger partial charge >= 0.3 is 0 Å². The average molecular weight is 453 g/mol. The molecule has 3 aromatic rings. The van der Waals surface area contributed by atoms with Crippen molar-refractivity contribution in [1.29, 1.82) is 0 Å². The van der Waals surface area contributed by atoms with E-state index >= 15 is 0 Å². The van der Waals surface area contributed by atoms with Gasteiger partial charge in [-0.3, -0.25) is 0 Å². The fourth-order valence-corrected chi connectivity index (χ4v) is 5.31. The van der Waals surface area contributed by atoms with E-state index in [1.54, 1.807) is 18.3 Å². The quantitative estimate of drug-likeness (QED) is 0.588. The molecule has 1 fully saturated rings. The van der Waals surface area contributed by atoms with Crippen LogP contribution >= 0.6 is 0 Å². The molecule has 0 radical (unpaired) electrons. The summed E-state index contributed by atoms with van der Waals surface area (Å²) in [4.78, 5) is 11.5. The first kappa shape index (κ1) is 20.7. The maximum atomic E-state index is 13.0. The Labute approximate surface area is 187 Å². The molecular weight excluding hydrogens is 428 g/mol. The van der Waals surface area contributed by atoms with Crippen LogP contribution in [0.15, 0.2) is 59.6 Å². The van der Waals surface area contributed by atoms with Gasteiger partial charge < -0.3 is 14.4 Å². The van der Waals surface area contributed by atoms with E-state index in [4.69, 9.17) is 14.5 Å². The number of anilines is 1. The van der Waals surface area contributed by atoms with Gasteiger partial charge in [0.1, 0.15) is 0 Å². The van der Waals surface area contributed by atoms with Crippen molar-refractivity contribution in [2.45, 2.75) is 18.2 Å². The Kier molecular flexibility index (Phi) is 5.44. The van der Waals surface area contributed by atoms with Gasteiger partial charge in [-0.05, 0) is 48.4 Å². The highest BCUT2D eigenvalue weighted by Gasteiger charge is 2.29. The number of hydrogen-bond acceptors (Lipinski definition) is 7. The maximum absolute atomic E-state index is 13.0. The zero-order chi connectivity index (χ0) is 22.1. The number of sulfonamides is 1. The van der Waals surface area contributed by atoms with Gasteiger partial charge in [0.05, 0.1) is 10.6 Å². The van der Waals surface area contributed by atoms with Gasteiger partial charge in [0, 0.05) is 37.9 Å². The SMILES string of the molecule is CCc1ccc(S(=O)(=O)N2CCN(c3nccc(-c4ccc5c(c4)OCO5)n3)CC2)cc1. The minimum absolute atomic E-state index is 0.226. The maximum Gasteiger partial charge on any atom is 0.243 e. The van der Waals surface area contributed by atoms with Crippen LogP contribution in [0.1, 0.15) is 12.5 Å². The predicted octanol–water partition coefficient (Wildman–Crippen LogP) is 2.95. The van der Waals surface area contributed by atoms with Crippen molar-refractivity contribution in [3.63, 3.8) is 0 Å². The lowest BCUT2D eigenvalue weighted by atomic mass is 10.1. The first-order valence-electron chi connectivity index (χ1n) is 10.6. The molecular formula is C23H24N4O4S. The largest absolute Gasteiger partial charge is 0.454 e. The Morgan fingerprint density at radius 3 is 2.44 bits per heavy atom. The van der Waals surface area contributed by atoms with Crippen LogP contribution in [-0.4, -0.2) is 55.7 Å². The van der Waals surface area contributed by atoms with Crippen molar-refractivity contribution in [2.75, 3.05) is 37.9 Å². The summed E-state index contributed by atoms with van der Waals surface area (Å²) in [5.74, 6) is 2.02. The van der Waals surface area contributed by atoms with Crippen LogP contribution in [0.3, 0.4) is 0 Å². The van der Waals surface area contributed by atoms with Gasteiger partial charge in [0.25, 0.3) is 0 Å². The molecule has 2 aliphatic rings. The molecule has 166 valence electrons. The van der Waals surface area contributed by atoms with Crippen molar-refractivity contribution in [1.82, 2.24) is 14.3 Å². The summed E-state index contributed by atoms with van der Waals surface area (Å²) in [6.07, 6.45) is 2.60. The van der Waals surface area contributed by atoms with E-state index < -0.39 is 10.0 Å². The lowest BCUT2D eigenvalue weighted by molar-refractivity contribution is 0.174. The molecule has 0 N–H and O–H groups in total. The van der Waals surface area contributed by atoms with Crippen LogP contribution < -0.4 is 14.4 Å². The highest BCUT2D eigenvalue weighted by molar-refractivity contribution is 7.89.